The molecule has 8 heteroatoms. The van der Waals surface area contributed by atoms with E-state index in [-0.39, 0.29) is 15.6 Å². The zero-order valence-electron chi connectivity index (χ0n) is 12.3. The Morgan fingerprint density at radius 1 is 1.08 bits per heavy atom. The van der Waals surface area contributed by atoms with Crippen molar-refractivity contribution in [2.24, 2.45) is 0 Å². The molecule has 0 aliphatic rings. The molecule has 0 fully saturated rings. The fourth-order valence-corrected chi connectivity index (χ4v) is 2.40. The molecule has 2 rings (SSSR count). The minimum absolute atomic E-state index is 0.0786. The van der Waals surface area contributed by atoms with Crippen LogP contribution < -0.4 is 5.32 Å². The van der Waals surface area contributed by atoms with Crippen molar-refractivity contribution in [1.29, 1.82) is 0 Å². The summed E-state index contributed by atoms with van der Waals surface area (Å²) in [6.45, 7) is 1.37. The van der Waals surface area contributed by atoms with E-state index in [2.05, 4.69) is 5.32 Å². The van der Waals surface area contributed by atoms with E-state index < -0.39 is 23.8 Å². The predicted molar refractivity (Wildman–Crippen MR) is 91.4 cm³/mol. The molecule has 0 radical (unpaired) electrons. The third-order valence-electron chi connectivity index (χ3n) is 3.01. The van der Waals surface area contributed by atoms with Gasteiger partial charge in [0.25, 0.3) is 5.91 Å². The first-order valence-electron chi connectivity index (χ1n) is 6.70. The Kier molecular flexibility index (Phi) is 6.04. The molecule has 0 heterocycles. The lowest BCUT2D eigenvalue weighted by Gasteiger charge is -2.15. The number of esters is 1. The molecule has 0 saturated carbocycles. The van der Waals surface area contributed by atoms with Gasteiger partial charge in [-0.2, -0.15) is 0 Å². The molecule has 1 atom stereocenters. The van der Waals surface area contributed by atoms with Crippen LogP contribution in [0.25, 0.3) is 0 Å². The average Bonchev–Trinajstić information content (AvgIpc) is 2.52. The van der Waals surface area contributed by atoms with Gasteiger partial charge in [0.1, 0.15) is 5.82 Å². The summed E-state index contributed by atoms with van der Waals surface area (Å²) in [6, 6.07) is 8.53. The number of hydrogen-bond acceptors (Lipinski definition) is 3. The zero-order valence-corrected chi connectivity index (χ0v) is 14.5. The van der Waals surface area contributed by atoms with Crippen LogP contribution in [-0.2, 0) is 9.53 Å². The minimum atomic E-state index is -1.15. The Balaban J connectivity index is 2.07. The molecule has 0 saturated heterocycles. The van der Waals surface area contributed by atoms with Crippen molar-refractivity contribution in [3.8, 4) is 0 Å². The monoisotopic (exact) mass is 389 g/mol. The highest BCUT2D eigenvalue weighted by molar-refractivity contribution is 6.36. The van der Waals surface area contributed by atoms with Gasteiger partial charge in [0, 0.05) is 0 Å². The number of halogens is 4. The number of anilines is 1. The summed E-state index contributed by atoms with van der Waals surface area (Å²) in [5.74, 6) is -2.36. The maximum Gasteiger partial charge on any atom is 0.340 e. The highest BCUT2D eigenvalue weighted by atomic mass is 35.5. The third kappa shape index (κ3) is 4.38. The fraction of sp³-hybridized carbons (Fsp3) is 0.125. The first kappa shape index (κ1) is 18.5. The Bertz CT molecular complexity index is 798. The highest BCUT2D eigenvalue weighted by Gasteiger charge is 2.22. The smallest absolute Gasteiger partial charge is 0.340 e. The number of carbonyl (C=O) groups is 2. The van der Waals surface area contributed by atoms with E-state index in [1.54, 1.807) is 24.3 Å². The molecule has 0 spiro atoms. The fourth-order valence-electron chi connectivity index (χ4n) is 1.75. The second kappa shape index (κ2) is 7.83. The van der Waals surface area contributed by atoms with Gasteiger partial charge >= 0.3 is 5.97 Å². The van der Waals surface area contributed by atoms with Crippen LogP contribution in [0.4, 0.5) is 10.1 Å². The van der Waals surface area contributed by atoms with Crippen molar-refractivity contribution >= 4 is 52.4 Å². The van der Waals surface area contributed by atoms with Crippen molar-refractivity contribution < 1.29 is 18.7 Å². The topological polar surface area (TPSA) is 55.4 Å². The van der Waals surface area contributed by atoms with Crippen LogP contribution in [0.1, 0.15) is 17.3 Å². The summed E-state index contributed by atoms with van der Waals surface area (Å²) >= 11 is 17.3. The molecule has 24 heavy (non-hydrogen) atoms. The van der Waals surface area contributed by atoms with Crippen LogP contribution >= 0.6 is 34.8 Å². The molecule has 2 aromatic rings. The van der Waals surface area contributed by atoms with Crippen LogP contribution in [0.3, 0.4) is 0 Å². The van der Waals surface area contributed by atoms with Gasteiger partial charge < -0.3 is 10.1 Å². The van der Waals surface area contributed by atoms with Gasteiger partial charge in [-0.25, -0.2) is 9.18 Å². The molecule has 0 unspecified atom stereocenters. The summed E-state index contributed by atoms with van der Waals surface area (Å²) in [6.07, 6.45) is -1.15. The van der Waals surface area contributed by atoms with E-state index in [4.69, 9.17) is 39.5 Å². The molecule has 0 aliphatic heterocycles. The maximum atomic E-state index is 13.5. The molecule has 2 aromatic carbocycles. The Morgan fingerprint density at radius 2 is 1.75 bits per heavy atom. The maximum absolute atomic E-state index is 13.5. The molecule has 0 aromatic heterocycles. The van der Waals surface area contributed by atoms with E-state index in [1.807, 2.05) is 0 Å². The minimum Gasteiger partial charge on any atom is -0.449 e. The molecular weight excluding hydrogens is 380 g/mol. The summed E-state index contributed by atoms with van der Waals surface area (Å²) < 4.78 is 18.5. The molecule has 126 valence electrons. The SMILES string of the molecule is C[C@@H](OC(=O)c1cc(F)c(Cl)cc1Cl)C(=O)Nc1ccccc1Cl. The molecule has 0 bridgehead atoms. The number of hydrogen-bond donors (Lipinski definition) is 1. The zero-order chi connectivity index (χ0) is 17.9. The van der Waals surface area contributed by atoms with Crippen LogP contribution in [0, 0.1) is 5.82 Å². The molecular formula is C16H11Cl3FNO3. The van der Waals surface area contributed by atoms with Gasteiger partial charge in [-0.05, 0) is 31.2 Å². The van der Waals surface area contributed by atoms with Crippen LogP contribution in [0.5, 0.6) is 0 Å². The van der Waals surface area contributed by atoms with Gasteiger partial charge in [0.05, 0.1) is 26.3 Å². The first-order valence-corrected chi connectivity index (χ1v) is 7.84. The number of para-hydroxylation sites is 1. The quantitative estimate of drug-likeness (QED) is 0.592. The van der Waals surface area contributed by atoms with Gasteiger partial charge in [-0.1, -0.05) is 46.9 Å². The Hall–Kier alpha value is -1.82. The van der Waals surface area contributed by atoms with E-state index in [9.17, 15) is 14.0 Å². The highest BCUT2D eigenvalue weighted by Crippen LogP contribution is 2.25. The van der Waals surface area contributed by atoms with E-state index in [1.165, 1.54) is 6.92 Å². The average molecular weight is 391 g/mol. The lowest BCUT2D eigenvalue weighted by molar-refractivity contribution is -0.123. The van der Waals surface area contributed by atoms with Crippen molar-refractivity contribution in [3.05, 3.63) is 62.8 Å². The third-order valence-corrected chi connectivity index (χ3v) is 3.95. The second-order valence-corrected chi connectivity index (χ2v) is 5.98. The van der Waals surface area contributed by atoms with Gasteiger partial charge in [0.2, 0.25) is 0 Å². The first-order chi connectivity index (χ1) is 11.3. The van der Waals surface area contributed by atoms with Gasteiger partial charge in [-0.3, -0.25) is 4.79 Å². The number of nitrogens with one attached hydrogen (secondary N) is 1. The van der Waals surface area contributed by atoms with Crippen LogP contribution in [0.15, 0.2) is 36.4 Å². The molecule has 4 nitrogen and oxygen atoms in total. The van der Waals surface area contributed by atoms with E-state index >= 15 is 0 Å². The molecule has 1 N–H and O–H groups in total. The van der Waals surface area contributed by atoms with Crippen molar-refractivity contribution in [3.63, 3.8) is 0 Å². The van der Waals surface area contributed by atoms with Crippen molar-refractivity contribution in [2.75, 3.05) is 5.32 Å². The van der Waals surface area contributed by atoms with E-state index in [0.29, 0.717) is 10.7 Å². The number of benzene rings is 2. The van der Waals surface area contributed by atoms with Crippen LogP contribution in [-0.4, -0.2) is 18.0 Å². The lowest BCUT2D eigenvalue weighted by Crippen LogP contribution is -2.30. The predicted octanol–water partition coefficient (Wildman–Crippen LogP) is 4.97. The number of amides is 1. The summed E-state index contributed by atoms with van der Waals surface area (Å²) in [5, 5.41) is 2.57. The Labute approximate surface area is 152 Å². The summed E-state index contributed by atoms with van der Waals surface area (Å²) in [4.78, 5) is 24.1. The summed E-state index contributed by atoms with van der Waals surface area (Å²) in [5.41, 5.74) is 0.151. The molecule has 1 amide bonds. The second-order valence-electron chi connectivity index (χ2n) is 4.76. The number of ether oxygens (including phenoxy) is 1. The van der Waals surface area contributed by atoms with Gasteiger partial charge in [-0.15, -0.1) is 0 Å². The lowest BCUT2D eigenvalue weighted by atomic mass is 10.2. The number of carbonyl (C=O) groups excluding carboxylic acids is 2. The Morgan fingerprint density at radius 3 is 2.42 bits per heavy atom. The molecule has 0 aliphatic carbocycles. The van der Waals surface area contributed by atoms with Crippen LogP contribution in [0.2, 0.25) is 15.1 Å². The standard InChI is InChI=1S/C16H11Cl3FNO3/c1-8(15(22)21-14-5-3-2-4-10(14)17)24-16(23)9-6-13(20)12(19)7-11(9)18/h2-8H,1H3,(H,21,22)/t8-/m1/s1. The van der Waals surface area contributed by atoms with E-state index in [0.717, 1.165) is 12.1 Å². The normalized spacial score (nSPS) is 11.7. The summed E-state index contributed by atoms with van der Waals surface area (Å²) in [7, 11) is 0. The van der Waals surface area contributed by atoms with Gasteiger partial charge in [0.15, 0.2) is 6.10 Å². The number of rotatable bonds is 4. The largest absolute Gasteiger partial charge is 0.449 e. The van der Waals surface area contributed by atoms with Crippen molar-refractivity contribution in [2.45, 2.75) is 13.0 Å². The van der Waals surface area contributed by atoms with Crippen molar-refractivity contribution in [1.82, 2.24) is 0 Å².